The van der Waals surface area contributed by atoms with E-state index in [0.29, 0.717) is 6.61 Å². The van der Waals surface area contributed by atoms with Crippen molar-refractivity contribution in [3.63, 3.8) is 0 Å². The number of hydrogen-bond acceptors (Lipinski definition) is 3. The normalized spacial score (nSPS) is 11.6. The zero-order valence-electron chi connectivity index (χ0n) is 6.81. The smallest absolute Gasteiger partial charge is 0.177 e. The van der Waals surface area contributed by atoms with Crippen LogP contribution in [0.25, 0.3) is 0 Å². The lowest BCUT2D eigenvalue weighted by Gasteiger charge is -2.15. The Morgan fingerprint density at radius 1 is 1.60 bits per heavy atom. The highest BCUT2D eigenvalue weighted by Crippen LogP contribution is 1.98. The maximum absolute atomic E-state index is 11.0. The summed E-state index contributed by atoms with van der Waals surface area (Å²) in [7, 11) is 0. The van der Waals surface area contributed by atoms with Crippen LogP contribution in [0.3, 0.4) is 0 Å². The molecule has 0 saturated heterocycles. The number of carbonyl (C=O) groups excluding carboxylic acids is 1. The van der Waals surface area contributed by atoms with Gasteiger partial charge in [0, 0.05) is 6.61 Å². The second-order valence-corrected chi connectivity index (χ2v) is 2.78. The molecule has 0 aliphatic heterocycles. The van der Waals surface area contributed by atoms with Gasteiger partial charge in [0.15, 0.2) is 5.78 Å². The SMILES string of the molecule is CCOCC(=O)C(C)(C)N. The summed E-state index contributed by atoms with van der Waals surface area (Å²) in [6.07, 6.45) is 0. The van der Waals surface area contributed by atoms with Crippen LogP contribution in [-0.2, 0) is 9.53 Å². The van der Waals surface area contributed by atoms with Crippen LogP contribution in [0.4, 0.5) is 0 Å². The number of nitrogens with two attached hydrogens (primary N) is 1. The van der Waals surface area contributed by atoms with E-state index in [-0.39, 0.29) is 12.4 Å². The van der Waals surface area contributed by atoms with Gasteiger partial charge in [0.05, 0.1) is 5.54 Å². The fraction of sp³-hybridized carbons (Fsp3) is 0.857. The van der Waals surface area contributed by atoms with Gasteiger partial charge >= 0.3 is 0 Å². The standard InChI is InChI=1S/C7H15NO2/c1-4-10-5-6(9)7(2,3)8/h4-5,8H2,1-3H3. The van der Waals surface area contributed by atoms with E-state index in [0.717, 1.165) is 0 Å². The minimum atomic E-state index is -0.755. The highest BCUT2D eigenvalue weighted by atomic mass is 16.5. The second kappa shape index (κ2) is 3.68. The molecule has 0 aromatic rings. The number of Topliss-reactive ketones (excluding diaryl/α,β-unsaturated/α-hetero) is 1. The Morgan fingerprint density at radius 2 is 2.10 bits per heavy atom. The van der Waals surface area contributed by atoms with Gasteiger partial charge < -0.3 is 10.5 Å². The molecule has 2 N–H and O–H groups in total. The number of hydrogen-bond donors (Lipinski definition) is 1. The molecule has 0 bridgehead atoms. The van der Waals surface area contributed by atoms with Gasteiger partial charge in [0.2, 0.25) is 0 Å². The summed E-state index contributed by atoms with van der Waals surface area (Å²) in [6, 6.07) is 0. The number of carbonyl (C=O) groups is 1. The number of rotatable bonds is 4. The van der Waals surface area contributed by atoms with Crippen molar-refractivity contribution < 1.29 is 9.53 Å². The van der Waals surface area contributed by atoms with Gasteiger partial charge in [0.1, 0.15) is 6.61 Å². The Labute approximate surface area is 61.5 Å². The predicted molar refractivity (Wildman–Crippen MR) is 39.8 cm³/mol. The Balaban J connectivity index is 3.64. The summed E-state index contributed by atoms with van der Waals surface area (Å²) in [5.74, 6) is -0.0608. The molecule has 0 fully saturated rings. The van der Waals surface area contributed by atoms with Gasteiger partial charge in [-0.15, -0.1) is 0 Å². The van der Waals surface area contributed by atoms with Crippen LogP contribution in [0.1, 0.15) is 20.8 Å². The van der Waals surface area contributed by atoms with E-state index < -0.39 is 5.54 Å². The topological polar surface area (TPSA) is 52.3 Å². The van der Waals surface area contributed by atoms with Crippen molar-refractivity contribution in [2.45, 2.75) is 26.3 Å². The van der Waals surface area contributed by atoms with E-state index in [9.17, 15) is 4.79 Å². The Morgan fingerprint density at radius 3 is 2.40 bits per heavy atom. The molecule has 0 atom stereocenters. The minimum absolute atomic E-state index is 0.0608. The van der Waals surface area contributed by atoms with Crippen molar-refractivity contribution in [2.24, 2.45) is 5.73 Å². The van der Waals surface area contributed by atoms with E-state index in [2.05, 4.69) is 0 Å². The van der Waals surface area contributed by atoms with Gasteiger partial charge in [0.25, 0.3) is 0 Å². The molecule has 0 aliphatic carbocycles. The molecule has 10 heavy (non-hydrogen) atoms. The first-order valence-corrected chi connectivity index (χ1v) is 3.38. The summed E-state index contributed by atoms with van der Waals surface area (Å²) >= 11 is 0. The molecule has 0 rings (SSSR count). The third kappa shape index (κ3) is 3.58. The van der Waals surface area contributed by atoms with E-state index in [1.165, 1.54) is 0 Å². The fourth-order valence-electron chi connectivity index (χ4n) is 0.381. The third-order valence-corrected chi connectivity index (χ3v) is 1.16. The molecule has 0 heterocycles. The van der Waals surface area contributed by atoms with Gasteiger partial charge in [-0.05, 0) is 20.8 Å². The van der Waals surface area contributed by atoms with E-state index in [1.54, 1.807) is 13.8 Å². The maximum Gasteiger partial charge on any atom is 0.177 e. The molecule has 0 radical (unpaired) electrons. The molecule has 0 spiro atoms. The summed E-state index contributed by atoms with van der Waals surface area (Å²) in [6.45, 7) is 5.88. The molecular formula is C7H15NO2. The predicted octanol–water partition coefficient (Wildman–Crippen LogP) is 0.329. The first-order valence-electron chi connectivity index (χ1n) is 3.38. The lowest BCUT2D eigenvalue weighted by atomic mass is 10.0. The van der Waals surface area contributed by atoms with Crippen LogP contribution in [-0.4, -0.2) is 24.5 Å². The Bertz CT molecular complexity index is 115. The molecular weight excluding hydrogens is 130 g/mol. The zero-order valence-corrected chi connectivity index (χ0v) is 6.81. The van der Waals surface area contributed by atoms with Gasteiger partial charge in [-0.2, -0.15) is 0 Å². The molecule has 0 amide bonds. The van der Waals surface area contributed by atoms with Crippen LogP contribution in [0.5, 0.6) is 0 Å². The average molecular weight is 145 g/mol. The first kappa shape index (κ1) is 9.59. The highest BCUT2D eigenvalue weighted by molar-refractivity contribution is 5.88. The van der Waals surface area contributed by atoms with Crippen LogP contribution in [0.15, 0.2) is 0 Å². The molecule has 0 aromatic heterocycles. The number of ketones is 1. The number of ether oxygens (including phenoxy) is 1. The lowest BCUT2D eigenvalue weighted by Crippen LogP contribution is -2.43. The highest BCUT2D eigenvalue weighted by Gasteiger charge is 2.20. The van der Waals surface area contributed by atoms with E-state index in [4.69, 9.17) is 10.5 Å². The van der Waals surface area contributed by atoms with Crippen molar-refractivity contribution in [1.82, 2.24) is 0 Å². The van der Waals surface area contributed by atoms with Crippen molar-refractivity contribution in [3.8, 4) is 0 Å². The Hall–Kier alpha value is -0.410. The molecule has 0 aliphatic rings. The summed E-state index contributed by atoms with van der Waals surface area (Å²) < 4.78 is 4.89. The van der Waals surface area contributed by atoms with Gasteiger partial charge in [-0.3, -0.25) is 4.79 Å². The lowest BCUT2D eigenvalue weighted by molar-refractivity contribution is -0.127. The quantitative estimate of drug-likeness (QED) is 0.620. The van der Waals surface area contributed by atoms with Crippen molar-refractivity contribution >= 4 is 5.78 Å². The third-order valence-electron chi connectivity index (χ3n) is 1.16. The van der Waals surface area contributed by atoms with Crippen LogP contribution in [0.2, 0.25) is 0 Å². The van der Waals surface area contributed by atoms with Crippen molar-refractivity contribution in [1.29, 1.82) is 0 Å². The second-order valence-electron chi connectivity index (χ2n) is 2.78. The summed E-state index contributed by atoms with van der Waals surface area (Å²) in [4.78, 5) is 11.0. The largest absolute Gasteiger partial charge is 0.374 e. The maximum atomic E-state index is 11.0. The molecule has 3 nitrogen and oxygen atoms in total. The van der Waals surface area contributed by atoms with Gasteiger partial charge in [-0.25, -0.2) is 0 Å². The monoisotopic (exact) mass is 145 g/mol. The average Bonchev–Trinajstić information content (AvgIpc) is 1.80. The van der Waals surface area contributed by atoms with Gasteiger partial charge in [-0.1, -0.05) is 0 Å². The van der Waals surface area contributed by atoms with Crippen LogP contribution < -0.4 is 5.73 Å². The summed E-state index contributed by atoms with van der Waals surface area (Å²) in [5.41, 5.74) is 4.74. The zero-order chi connectivity index (χ0) is 8.20. The van der Waals surface area contributed by atoms with E-state index in [1.807, 2.05) is 6.92 Å². The van der Waals surface area contributed by atoms with Crippen molar-refractivity contribution in [2.75, 3.05) is 13.2 Å². The molecule has 0 saturated carbocycles. The minimum Gasteiger partial charge on any atom is -0.374 e. The first-order chi connectivity index (χ1) is 4.48. The van der Waals surface area contributed by atoms with Crippen LogP contribution in [0, 0.1) is 0 Å². The summed E-state index contributed by atoms with van der Waals surface area (Å²) in [5, 5.41) is 0. The molecule has 60 valence electrons. The molecule has 0 unspecified atom stereocenters. The molecule has 0 aromatic carbocycles. The fourth-order valence-corrected chi connectivity index (χ4v) is 0.381. The van der Waals surface area contributed by atoms with E-state index >= 15 is 0 Å². The molecule has 3 heteroatoms. The Kier molecular flexibility index (Phi) is 3.53. The van der Waals surface area contributed by atoms with Crippen molar-refractivity contribution in [3.05, 3.63) is 0 Å². The van der Waals surface area contributed by atoms with Crippen LogP contribution >= 0.6 is 0 Å².